The van der Waals surface area contributed by atoms with E-state index in [9.17, 15) is 14.4 Å². The van der Waals surface area contributed by atoms with Crippen molar-refractivity contribution in [1.82, 2.24) is 10.2 Å². The second-order valence-corrected chi connectivity index (χ2v) is 7.55. The number of amides is 3. The third-order valence-electron chi connectivity index (χ3n) is 5.42. The molecule has 0 aromatic heterocycles. The van der Waals surface area contributed by atoms with Crippen LogP contribution in [-0.2, 0) is 14.4 Å². The van der Waals surface area contributed by atoms with Gasteiger partial charge in [0.1, 0.15) is 5.75 Å². The Labute approximate surface area is 166 Å². The first-order valence-electron chi connectivity index (χ1n) is 10.1. The number of carbonyl (C=O) groups is 3. The zero-order valence-corrected chi connectivity index (χ0v) is 16.6. The van der Waals surface area contributed by atoms with Gasteiger partial charge in [0.2, 0.25) is 11.8 Å². The number of nitrogens with zero attached hydrogens (tertiary/aromatic N) is 2. The van der Waals surface area contributed by atoms with Crippen LogP contribution in [0, 0.1) is 5.92 Å². The minimum atomic E-state index is -0.384. The average molecular weight is 387 g/mol. The van der Waals surface area contributed by atoms with Gasteiger partial charge in [0.25, 0.3) is 5.91 Å². The summed E-state index contributed by atoms with van der Waals surface area (Å²) in [6, 6.07) is 6.75. The van der Waals surface area contributed by atoms with Crippen LogP contribution in [0.4, 0.5) is 5.69 Å². The highest BCUT2D eigenvalue weighted by atomic mass is 16.5. The Hall–Kier alpha value is -2.41. The summed E-state index contributed by atoms with van der Waals surface area (Å²) in [5.74, 6) is 0.854. The Morgan fingerprint density at radius 3 is 2.46 bits per heavy atom. The van der Waals surface area contributed by atoms with Crippen LogP contribution in [0.2, 0.25) is 0 Å². The van der Waals surface area contributed by atoms with Gasteiger partial charge < -0.3 is 10.1 Å². The molecule has 7 nitrogen and oxygen atoms in total. The number of rotatable bonds is 7. The summed E-state index contributed by atoms with van der Waals surface area (Å²) < 4.78 is 5.56. The molecule has 0 unspecified atom stereocenters. The number of imide groups is 1. The molecule has 1 aromatic rings. The number of piperidine rings is 1. The Kier molecular flexibility index (Phi) is 6.67. The van der Waals surface area contributed by atoms with Crippen molar-refractivity contribution in [3.05, 3.63) is 24.3 Å². The van der Waals surface area contributed by atoms with Gasteiger partial charge in [-0.25, -0.2) is 4.90 Å². The SMILES string of the molecule is CCCOc1ccc(N2C(=O)C[C@@H](N3CCC(CNC(C)=O)CC3)C2=O)cc1. The predicted molar refractivity (Wildman–Crippen MR) is 106 cm³/mol. The largest absolute Gasteiger partial charge is 0.494 e. The van der Waals surface area contributed by atoms with E-state index in [2.05, 4.69) is 10.2 Å². The summed E-state index contributed by atoms with van der Waals surface area (Å²) in [5, 5.41) is 2.86. The van der Waals surface area contributed by atoms with Crippen LogP contribution >= 0.6 is 0 Å². The van der Waals surface area contributed by atoms with Crippen LogP contribution in [-0.4, -0.2) is 54.9 Å². The Morgan fingerprint density at radius 2 is 1.86 bits per heavy atom. The van der Waals surface area contributed by atoms with Gasteiger partial charge in [-0.2, -0.15) is 0 Å². The van der Waals surface area contributed by atoms with E-state index in [1.807, 2.05) is 6.92 Å². The molecule has 152 valence electrons. The molecule has 3 amide bonds. The first-order chi connectivity index (χ1) is 13.5. The number of anilines is 1. The van der Waals surface area contributed by atoms with E-state index in [0.717, 1.165) is 38.1 Å². The molecule has 1 atom stereocenters. The van der Waals surface area contributed by atoms with Gasteiger partial charge in [-0.05, 0) is 62.5 Å². The fourth-order valence-corrected chi connectivity index (χ4v) is 3.84. The molecule has 2 fully saturated rings. The maximum Gasteiger partial charge on any atom is 0.251 e. The molecule has 0 aliphatic carbocycles. The molecular formula is C21H29N3O4. The molecule has 0 radical (unpaired) electrons. The van der Waals surface area contributed by atoms with Crippen LogP contribution in [0.1, 0.15) is 39.5 Å². The van der Waals surface area contributed by atoms with Gasteiger partial charge in [-0.1, -0.05) is 6.92 Å². The molecular weight excluding hydrogens is 358 g/mol. The lowest BCUT2D eigenvalue weighted by molar-refractivity contribution is -0.123. The van der Waals surface area contributed by atoms with Crippen molar-refractivity contribution in [1.29, 1.82) is 0 Å². The first kappa shape index (κ1) is 20.3. The van der Waals surface area contributed by atoms with Crippen molar-refractivity contribution in [2.75, 3.05) is 31.1 Å². The van der Waals surface area contributed by atoms with Crippen LogP contribution in [0.5, 0.6) is 5.75 Å². The van der Waals surface area contributed by atoms with Gasteiger partial charge >= 0.3 is 0 Å². The number of carbonyl (C=O) groups excluding carboxylic acids is 3. The van der Waals surface area contributed by atoms with Gasteiger partial charge in [-0.15, -0.1) is 0 Å². The lowest BCUT2D eigenvalue weighted by Crippen LogP contribution is -2.47. The standard InChI is InChI=1S/C21H29N3O4/c1-3-12-28-18-6-4-17(5-7-18)24-20(26)13-19(21(24)27)23-10-8-16(9-11-23)14-22-15(2)25/h4-7,16,19H,3,8-14H2,1-2H3,(H,22,25)/t19-/m1/s1. The summed E-state index contributed by atoms with van der Waals surface area (Å²) in [6.07, 6.45) is 2.99. The van der Waals surface area contributed by atoms with Gasteiger partial charge in [-0.3, -0.25) is 19.3 Å². The predicted octanol–water partition coefficient (Wildman–Crippen LogP) is 1.96. The van der Waals surface area contributed by atoms with E-state index in [1.165, 1.54) is 11.8 Å². The average Bonchev–Trinajstić information content (AvgIpc) is 2.99. The second-order valence-electron chi connectivity index (χ2n) is 7.55. The molecule has 1 N–H and O–H groups in total. The summed E-state index contributed by atoms with van der Waals surface area (Å²) in [5.41, 5.74) is 0.599. The zero-order chi connectivity index (χ0) is 20.1. The van der Waals surface area contributed by atoms with Crippen molar-refractivity contribution in [3.8, 4) is 5.75 Å². The molecule has 3 rings (SSSR count). The zero-order valence-electron chi connectivity index (χ0n) is 16.6. The number of nitrogens with one attached hydrogen (secondary N) is 1. The smallest absolute Gasteiger partial charge is 0.251 e. The van der Waals surface area contributed by atoms with Gasteiger partial charge in [0.05, 0.1) is 24.8 Å². The Morgan fingerprint density at radius 1 is 1.18 bits per heavy atom. The normalized spacial score (nSPS) is 21.2. The Balaban J connectivity index is 1.59. The summed E-state index contributed by atoms with van der Waals surface area (Å²) in [7, 11) is 0. The van der Waals surface area contributed by atoms with E-state index in [4.69, 9.17) is 4.74 Å². The van der Waals surface area contributed by atoms with Crippen LogP contribution in [0.3, 0.4) is 0 Å². The van der Waals surface area contributed by atoms with E-state index >= 15 is 0 Å². The minimum absolute atomic E-state index is 0.0132. The molecule has 2 saturated heterocycles. The summed E-state index contributed by atoms with van der Waals surface area (Å²) >= 11 is 0. The molecule has 1 aromatic carbocycles. The minimum Gasteiger partial charge on any atom is -0.494 e. The molecule has 7 heteroatoms. The molecule has 2 aliphatic heterocycles. The van der Waals surface area contributed by atoms with Crippen molar-refractivity contribution >= 4 is 23.4 Å². The van der Waals surface area contributed by atoms with Crippen LogP contribution in [0.15, 0.2) is 24.3 Å². The number of ether oxygens (including phenoxy) is 1. The third-order valence-corrected chi connectivity index (χ3v) is 5.42. The van der Waals surface area contributed by atoms with Crippen molar-refractivity contribution in [2.45, 2.75) is 45.6 Å². The van der Waals surface area contributed by atoms with Crippen molar-refractivity contribution in [2.24, 2.45) is 5.92 Å². The quantitative estimate of drug-likeness (QED) is 0.724. The highest BCUT2D eigenvalue weighted by Crippen LogP contribution is 2.29. The number of hydrogen-bond donors (Lipinski definition) is 1. The number of hydrogen-bond acceptors (Lipinski definition) is 5. The number of benzene rings is 1. The maximum absolute atomic E-state index is 12.9. The molecule has 0 spiro atoms. The summed E-state index contributed by atoms with van der Waals surface area (Å²) in [6.45, 7) is 6.42. The summed E-state index contributed by atoms with van der Waals surface area (Å²) in [4.78, 5) is 40.0. The van der Waals surface area contributed by atoms with Crippen LogP contribution < -0.4 is 15.0 Å². The third kappa shape index (κ3) is 4.70. The molecule has 2 aliphatic rings. The van der Waals surface area contributed by atoms with E-state index in [1.54, 1.807) is 24.3 Å². The van der Waals surface area contributed by atoms with Crippen LogP contribution in [0.25, 0.3) is 0 Å². The topological polar surface area (TPSA) is 79.0 Å². The maximum atomic E-state index is 12.9. The van der Waals surface area contributed by atoms with Crippen molar-refractivity contribution < 1.29 is 19.1 Å². The van der Waals surface area contributed by atoms with E-state index in [0.29, 0.717) is 24.8 Å². The fourth-order valence-electron chi connectivity index (χ4n) is 3.84. The van der Waals surface area contributed by atoms with E-state index < -0.39 is 0 Å². The molecule has 0 saturated carbocycles. The lowest BCUT2D eigenvalue weighted by Gasteiger charge is -2.34. The highest BCUT2D eigenvalue weighted by molar-refractivity contribution is 6.22. The van der Waals surface area contributed by atoms with E-state index in [-0.39, 0.29) is 30.2 Å². The molecule has 2 heterocycles. The fraction of sp³-hybridized carbons (Fsp3) is 0.571. The first-order valence-corrected chi connectivity index (χ1v) is 10.1. The van der Waals surface area contributed by atoms with Crippen molar-refractivity contribution in [3.63, 3.8) is 0 Å². The number of likely N-dealkylation sites (tertiary alicyclic amines) is 1. The van der Waals surface area contributed by atoms with Gasteiger partial charge in [0, 0.05) is 13.5 Å². The Bertz CT molecular complexity index is 711. The molecule has 0 bridgehead atoms. The monoisotopic (exact) mass is 387 g/mol. The molecule has 28 heavy (non-hydrogen) atoms. The second kappa shape index (κ2) is 9.19. The van der Waals surface area contributed by atoms with Gasteiger partial charge in [0.15, 0.2) is 0 Å². The lowest BCUT2D eigenvalue weighted by atomic mass is 9.95. The highest BCUT2D eigenvalue weighted by Gasteiger charge is 2.43.